The summed E-state index contributed by atoms with van der Waals surface area (Å²) in [5.41, 5.74) is 2.01. The van der Waals surface area contributed by atoms with E-state index in [9.17, 15) is 18.0 Å². The number of aromatic nitrogens is 2. The first-order valence-electron chi connectivity index (χ1n) is 11.6. The lowest BCUT2D eigenvalue weighted by atomic mass is 9.97. The number of sulfonamides is 1. The number of carbonyl (C=O) groups is 2. The Balaban J connectivity index is 1.75. The van der Waals surface area contributed by atoms with Crippen molar-refractivity contribution >= 4 is 27.4 Å². The molecule has 1 heterocycles. The maximum atomic E-state index is 13.9. The molecule has 1 aromatic heterocycles. The summed E-state index contributed by atoms with van der Waals surface area (Å²) in [5.74, 6) is -1.16. The summed E-state index contributed by atoms with van der Waals surface area (Å²) in [4.78, 5) is 27.4. The number of para-hydroxylation sites is 2. The average molecular weight is 523 g/mol. The van der Waals surface area contributed by atoms with Crippen molar-refractivity contribution in [3.8, 4) is 16.9 Å². The van der Waals surface area contributed by atoms with Crippen LogP contribution in [0.2, 0.25) is 0 Å². The SMILES string of the molecule is NS(=O)(=O)c1ccccc1NC(=O)c1nn(-c2ccccc2)c(-c2ccccc2)c1C(=O)c1ccccc1. The fraction of sp³-hybridized carbons (Fsp3) is 0. The van der Waals surface area contributed by atoms with Crippen molar-refractivity contribution in [2.45, 2.75) is 4.90 Å². The van der Waals surface area contributed by atoms with Crippen LogP contribution in [0, 0.1) is 0 Å². The second-order valence-electron chi connectivity index (χ2n) is 8.38. The number of anilines is 1. The van der Waals surface area contributed by atoms with E-state index >= 15 is 0 Å². The van der Waals surface area contributed by atoms with Crippen molar-refractivity contribution in [3.05, 3.63) is 132 Å². The van der Waals surface area contributed by atoms with Gasteiger partial charge >= 0.3 is 0 Å². The molecule has 0 bridgehead atoms. The van der Waals surface area contributed by atoms with Gasteiger partial charge in [0.05, 0.1) is 22.6 Å². The summed E-state index contributed by atoms with van der Waals surface area (Å²) in [6, 6.07) is 32.7. The van der Waals surface area contributed by atoms with Crippen LogP contribution in [0.4, 0.5) is 5.69 Å². The highest BCUT2D eigenvalue weighted by molar-refractivity contribution is 7.89. The Morgan fingerprint density at radius 2 is 1.29 bits per heavy atom. The van der Waals surface area contributed by atoms with Crippen molar-refractivity contribution in [2.24, 2.45) is 5.14 Å². The molecule has 0 unspecified atom stereocenters. The number of nitrogens with one attached hydrogen (secondary N) is 1. The minimum Gasteiger partial charge on any atom is -0.319 e. The summed E-state index contributed by atoms with van der Waals surface area (Å²) < 4.78 is 25.8. The zero-order chi connectivity index (χ0) is 26.7. The number of amides is 1. The quantitative estimate of drug-likeness (QED) is 0.301. The van der Waals surface area contributed by atoms with E-state index in [1.807, 2.05) is 60.7 Å². The molecule has 0 saturated carbocycles. The highest BCUT2D eigenvalue weighted by Gasteiger charge is 2.30. The highest BCUT2D eigenvalue weighted by atomic mass is 32.2. The smallest absolute Gasteiger partial charge is 0.277 e. The van der Waals surface area contributed by atoms with Gasteiger partial charge in [-0.3, -0.25) is 9.59 Å². The Kier molecular flexibility index (Phi) is 6.69. The first-order chi connectivity index (χ1) is 18.3. The van der Waals surface area contributed by atoms with Gasteiger partial charge in [0.15, 0.2) is 11.5 Å². The Labute approximate surface area is 219 Å². The lowest BCUT2D eigenvalue weighted by Gasteiger charge is -2.11. The molecule has 0 radical (unpaired) electrons. The van der Waals surface area contributed by atoms with E-state index in [4.69, 9.17) is 5.14 Å². The molecule has 4 aromatic carbocycles. The third kappa shape index (κ3) is 4.88. The summed E-state index contributed by atoms with van der Waals surface area (Å²) >= 11 is 0. The average Bonchev–Trinajstić information content (AvgIpc) is 3.35. The molecule has 5 rings (SSSR count). The Morgan fingerprint density at radius 1 is 0.737 bits per heavy atom. The van der Waals surface area contributed by atoms with Crippen LogP contribution in [0.3, 0.4) is 0 Å². The number of rotatable bonds is 7. The largest absolute Gasteiger partial charge is 0.319 e. The summed E-state index contributed by atoms with van der Waals surface area (Å²) in [6.45, 7) is 0. The zero-order valence-electron chi connectivity index (χ0n) is 20.0. The molecular formula is C29H22N4O4S. The molecule has 9 heteroatoms. The van der Waals surface area contributed by atoms with Gasteiger partial charge in [-0.1, -0.05) is 91.0 Å². The minimum absolute atomic E-state index is 0.0198. The van der Waals surface area contributed by atoms with E-state index in [1.165, 1.54) is 18.2 Å². The maximum Gasteiger partial charge on any atom is 0.277 e. The van der Waals surface area contributed by atoms with E-state index in [1.54, 1.807) is 41.1 Å². The topological polar surface area (TPSA) is 124 Å². The molecular weight excluding hydrogens is 500 g/mol. The Morgan fingerprint density at radius 3 is 1.92 bits per heavy atom. The summed E-state index contributed by atoms with van der Waals surface area (Å²) in [5, 5.41) is 12.5. The molecule has 8 nitrogen and oxygen atoms in total. The number of ketones is 1. The molecule has 0 aliphatic rings. The van der Waals surface area contributed by atoms with Crippen molar-refractivity contribution in [3.63, 3.8) is 0 Å². The molecule has 0 spiro atoms. The summed E-state index contributed by atoms with van der Waals surface area (Å²) in [7, 11) is -4.13. The van der Waals surface area contributed by atoms with Crippen LogP contribution in [-0.4, -0.2) is 29.9 Å². The predicted octanol–water partition coefficient (Wildman–Crippen LogP) is 4.67. The van der Waals surface area contributed by atoms with Crippen LogP contribution in [0.25, 0.3) is 16.9 Å². The Hall–Kier alpha value is -4.86. The van der Waals surface area contributed by atoms with Gasteiger partial charge in [0.25, 0.3) is 5.91 Å². The number of nitrogens with zero attached hydrogens (tertiary/aromatic N) is 2. The molecule has 1 amide bonds. The first kappa shape index (κ1) is 24.8. The summed E-state index contributed by atoms with van der Waals surface area (Å²) in [6.07, 6.45) is 0. The van der Waals surface area contributed by atoms with Crippen LogP contribution in [0.5, 0.6) is 0 Å². The van der Waals surface area contributed by atoms with E-state index in [0.717, 1.165) is 0 Å². The molecule has 0 aliphatic carbocycles. The zero-order valence-corrected chi connectivity index (χ0v) is 20.8. The van der Waals surface area contributed by atoms with Gasteiger partial charge in [0.1, 0.15) is 4.90 Å². The molecule has 0 aliphatic heterocycles. The molecule has 0 fully saturated rings. The molecule has 0 saturated heterocycles. The number of hydrogen-bond acceptors (Lipinski definition) is 5. The van der Waals surface area contributed by atoms with Gasteiger partial charge in [-0.25, -0.2) is 18.2 Å². The standard InChI is InChI=1S/C29H22N4O4S/c30-38(36,37)24-19-11-10-18-23(24)31-29(35)26-25(28(34)21-14-6-2-7-15-21)27(20-12-4-1-5-13-20)33(32-26)22-16-8-3-9-17-22/h1-19H,(H,31,35)(H2,30,36,37). The number of hydrogen-bond donors (Lipinski definition) is 2. The fourth-order valence-electron chi connectivity index (χ4n) is 4.14. The second-order valence-corrected chi connectivity index (χ2v) is 9.91. The van der Waals surface area contributed by atoms with Gasteiger partial charge < -0.3 is 5.32 Å². The predicted molar refractivity (Wildman–Crippen MR) is 145 cm³/mol. The number of primary sulfonamides is 1. The van der Waals surface area contributed by atoms with Gasteiger partial charge in [-0.05, 0) is 24.3 Å². The fourth-order valence-corrected chi connectivity index (χ4v) is 4.84. The maximum absolute atomic E-state index is 13.9. The molecule has 188 valence electrons. The van der Waals surface area contributed by atoms with Crippen LogP contribution >= 0.6 is 0 Å². The lowest BCUT2D eigenvalue weighted by molar-refractivity contribution is 0.0993. The number of carbonyl (C=O) groups excluding carboxylic acids is 2. The van der Waals surface area contributed by atoms with Crippen molar-refractivity contribution < 1.29 is 18.0 Å². The van der Waals surface area contributed by atoms with Gasteiger partial charge in [0.2, 0.25) is 10.0 Å². The van der Waals surface area contributed by atoms with Crippen LogP contribution < -0.4 is 10.5 Å². The molecule has 3 N–H and O–H groups in total. The van der Waals surface area contributed by atoms with Gasteiger partial charge in [0, 0.05) is 11.1 Å². The van der Waals surface area contributed by atoms with Crippen molar-refractivity contribution in [1.82, 2.24) is 9.78 Å². The van der Waals surface area contributed by atoms with E-state index in [0.29, 0.717) is 22.5 Å². The third-order valence-electron chi connectivity index (χ3n) is 5.85. The lowest BCUT2D eigenvalue weighted by Crippen LogP contribution is -2.20. The van der Waals surface area contributed by atoms with Crippen LogP contribution in [-0.2, 0) is 10.0 Å². The number of benzene rings is 4. The highest BCUT2D eigenvalue weighted by Crippen LogP contribution is 2.32. The van der Waals surface area contributed by atoms with E-state index in [2.05, 4.69) is 10.4 Å². The first-order valence-corrected chi connectivity index (χ1v) is 13.2. The minimum atomic E-state index is -4.13. The molecule has 5 aromatic rings. The Bertz CT molecular complexity index is 1730. The second kappa shape index (κ2) is 10.3. The van der Waals surface area contributed by atoms with Gasteiger partial charge in [-0.15, -0.1) is 0 Å². The van der Waals surface area contributed by atoms with Crippen molar-refractivity contribution in [2.75, 3.05) is 5.32 Å². The van der Waals surface area contributed by atoms with Crippen molar-refractivity contribution in [1.29, 1.82) is 0 Å². The van der Waals surface area contributed by atoms with E-state index < -0.39 is 21.7 Å². The van der Waals surface area contributed by atoms with Gasteiger partial charge in [-0.2, -0.15) is 5.10 Å². The molecule has 0 atom stereocenters. The van der Waals surface area contributed by atoms with Crippen LogP contribution in [0.15, 0.2) is 120 Å². The third-order valence-corrected chi connectivity index (χ3v) is 6.82. The number of nitrogens with two attached hydrogens (primary N) is 1. The normalized spacial score (nSPS) is 11.2. The van der Waals surface area contributed by atoms with Crippen LogP contribution in [0.1, 0.15) is 26.4 Å². The monoisotopic (exact) mass is 522 g/mol. The van der Waals surface area contributed by atoms with E-state index in [-0.39, 0.29) is 21.8 Å². The molecule has 38 heavy (non-hydrogen) atoms.